The van der Waals surface area contributed by atoms with Crippen molar-refractivity contribution in [2.45, 2.75) is 37.6 Å². The van der Waals surface area contributed by atoms with E-state index in [-0.39, 0.29) is 11.4 Å². The van der Waals surface area contributed by atoms with Gasteiger partial charge in [0.05, 0.1) is 23.8 Å². The zero-order chi connectivity index (χ0) is 18.3. The molecule has 4 rings (SSSR count). The van der Waals surface area contributed by atoms with E-state index in [0.29, 0.717) is 30.7 Å². The summed E-state index contributed by atoms with van der Waals surface area (Å²) in [6.45, 7) is 1.31. The summed E-state index contributed by atoms with van der Waals surface area (Å²) < 4.78 is 21.7. The highest BCUT2D eigenvalue weighted by atomic mass is 19.1. The molecule has 0 unspecified atom stereocenters. The summed E-state index contributed by atoms with van der Waals surface area (Å²) in [5, 5.41) is 19.4. The molecule has 0 bridgehead atoms. The van der Waals surface area contributed by atoms with Gasteiger partial charge in [0, 0.05) is 31.1 Å². The number of nitro groups is 1. The van der Waals surface area contributed by atoms with Gasteiger partial charge in [-0.1, -0.05) is 0 Å². The van der Waals surface area contributed by atoms with Gasteiger partial charge in [-0.25, -0.2) is 4.39 Å². The van der Waals surface area contributed by atoms with Gasteiger partial charge < -0.3 is 14.2 Å². The number of hydrogen-bond acceptors (Lipinski definition) is 6. The first-order chi connectivity index (χ1) is 12.6. The van der Waals surface area contributed by atoms with Crippen molar-refractivity contribution in [1.29, 1.82) is 0 Å². The minimum Gasteiger partial charge on any atom is -0.490 e. The molecule has 2 aromatic rings. The predicted molar refractivity (Wildman–Crippen MR) is 92.1 cm³/mol. The molecule has 2 fully saturated rings. The highest BCUT2D eigenvalue weighted by molar-refractivity contribution is 5.60. The first-order valence-electron chi connectivity index (χ1n) is 8.74. The van der Waals surface area contributed by atoms with Gasteiger partial charge in [0.15, 0.2) is 11.6 Å². The second kappa shape index (κ2) is 6.54. The lowest BCUT2D eigenvalue weighted by Crippen LogP contribution is -2.34. The SMILES string of the molecule is COc1cc(N2CCC(c3nncn3C3CC3)CC2)c(F)cc1[N+](=O)[O-]. The molecule has 1 aromatic heterocycles. The molecule has 1 saturated carbocycles. The van der Waals surface area contributed by atoms with Gasteiger partial charge >= 0.3 is 5.69 Å². The second-order valence-corrected chi connectivity index (χ2v) is 6.82. The average Bonchev–Trinajstić information content (AvgIpc) is 3.38. The molecule has 0 N–H and O–H groups in total. The Morgan fingerprint density at radius 1 is 1.27 bits per heavy atom. The molecular formula is C17H20FN5O3. The minimum atomic E-state index is -0.636. The molecule has 1 aromatic carbocycles. The summed E-state index contributed by atoms with van der Waals surface area (Å²) >= 11 is 0. The van der Waals surface area contributed by atoms with Crippen LogP contribution in [-0.2, 0) is 0 Å². The van der Waals surface area contributed by atoms with Gasteiger partial charge in [0.2, 0.25) is 0 Å². The van der Waals surface area contributed by atoms with Crippen molar-refractivity contribution in [2.75, 3.05) is 25.1 Å². The summed E-state index contributed by atoms with van der Waals surface area (Å²) in [5.74, 6) is 0.797. The molecule has 1 aliphatic heterocycles. The van der Waals surface area contributed by atoms with E-state index in [2.05, 4.69) is 14.8 Å². The lowest BCUT2D eigenvalue weighted by molar-refractivity contribution is -0.385. The van der Waals surface area contributed by atoms with E-state index in [0.717, 1.165) is 24.7 Å². The number of hydrogen-bond donors (Lipinski definition) is 0. The number of aromatic nitrogens is 3. The maximum atomic E-state index is 14.4. The zero-order valence-corrected chi connectivity index (χ0v) is 14.5. The predicted octanol–water partition coefficient (Wildman–Crippen LogP) is 3.05. The van der Waals surface area contributed by atoms with E-state index in [1.54, 1.807) is 6.33 Å². The molecule has 0 atom stereocenters. The second-order valence-electron chi connectivity index (χ2n) is 6.82. The van der Waals surface area contributed by atoms with Crippen LogP contribution in [0.2, 0.25) is 0 Å². The van der Waals surface area contributed by atoms with Crippen molar-refractivity contribution in [3.05, 3.63) is 40.2 Å². The Kier molecular flexibility index (Phi) is 4.21. The number of halogens is 1. The van der Waals surface area contributed by atoms with E-state index < -0.39 is 10.7 Å². The number of anilines is 1. The quantitative estimate of drug-likeness (QED) is 0.601. The van der Waals surface area contributed by atoms with E-state index in [1.807, 2.05) is 4.90 Å². The van der Waals surface area contributed by atoms with Gasteiger partial charge in [-0.3, -0.25) is 10.1 Å². The number of ether oxygens (including phenoxy) is 1. The largest absolute Gasteiger partial charge is 0.490 e. The third-order valence-corrected chi connectivity index (χ3v) is 5.19. The topological polar surface area (TPSA) is 86.3 Å². The maximum Gasteiger partial charge on any atom is 0.313 e. The highest BCUT2D eigenvalue weighted by Crippen LogP contribution is 2.40. The molecule has 1 aliphatic carbocycles. The van der Waals surface area contributed by atoms with Crippen LogP contribution < -0.4 is 9.64 Å². The highest BCUT2D eigenvalue weighted by Gasteiger charge is 2.32. The van der Waals surface area contributed by atoms with E-state index >= 15 is 0 Å². The Balaban J connectivity index is 1.51. The van der Waals surface area contributed by atoms with E-state index in [1.165, 1.54) is 26.0 Å². The van der Waals surface area contributed by atoms with Crippen molar-refractivity contribution in [3.63, 3.8) is 0 Å². The Hall–Kier alpha value is -2.71. The maximum absolute atomic E-state index is 14.4. The summed E-state index contributed by atoms with van der Waals surface area (Å²) in [5.41, 5.74) is -0.0178. The minimum absolute atomic E-state index is 0.0713. The molecule has 0 spiro atoms. The molecular weight excluding hydrogens is 341 g/mol. The van der Waals surface area contributed by atoms with Crippen LogP contribution in [0.5, 0.6) is 5.75 Å². The summed E-state index contributed by atoms with van der Waals surface area (Å²) in [6.07, 6.45) is 5.84. The molecule has 1 saturated heterocycles. The van der Waals surface area contributed by atoms with Gasteiger partial charge in [-0.05, 0) is 25.7 Å². The Morgan fingerprint density at radius 3 is 2.62 bits per heavy atom. The number of piperidine rings is 1. The molecule has 26 heavy (non-hydrogen) atoms. The van der Waals surface area contributed by atoms with Gasteiger partial charge in [-0.2, -0.15) is 0 Å². The summed E-state index contributed by atoms with van der Waals surface area (Å²) in [7, 11) is 1.35. The third-order valence-electron chi connectivity index (χ3n) is 5.19. The van der Waals surface area contributed by atoms with E-state index in [4.69, 9.17) is 4.74 Å². The number of methoxy groups -OCH3 is 1. The van der Waals surface area contributed by atoms with E-state index in [9.17, 15) is 14.5 Å². The molecule has 8 nitrogen and oxygen atoms in total. The number of nitro benzene ring substituents is 1. The molecule has 138 valence electrons. The number of benzene rings is 1. The van der Waals surface area contributed by atoms with Crippen LogP contribution in [0.25, 0.3) is 0 Å². The molecule has 2 heterocycles. The Morgan fingerprint density at radius 2 is 2.00 bits per heavy atom. The van der Waals surface area contributed by atoms with Gasteiger partial charge in [-0.15, -0.1) is 10.2 Å². The zero-order valence-electron chi connectivity index (χ0n) is 14.5. The fraction of sp³-hybridized carbons (Fsp3) is 0.529. The van der Waals surface area contributed by atoms with Crippen LogP contribution in [-0.4, -0.2) is 39.9 Å². The lowest BCUT2D eigenvalue weighted by atomic mass is 9.95. The molecule has 2 aliphatic rings. The van der Waals surface area contributed by atoms with Gasteiger partial charge in [0.25, 0.3) is 0 Å². The molecule has 9 heteroatoms. The van der Waals surface area contributed by atoms with Crippen LogP contribution >= 0.6 is 0 Å². The Labute approximate surface area is 149 Å². The van der Waals surface area contributed by atoms with Crippen LogP contribution in [0.3, 0.4) is 0 Å². The van der Waals surface area contributed by atoms with Gasteiger partial charge in [0.1, 0.15) is 12.2 Å². The fourth-order valence-electron chi connectivity index (χ4n) is 3.64. The fourth-order valence-corrected chi connectivity index (χ4v) is 3.64. The Bertz CT molecular complexity index is 828. The number of nitrogens with zero attached hydrogens (tertiary/aromatic N) is 5. The standard InChI is InChI=1S/C17H20FN5O3/c1-26-16-9-14(13(18)8-15(16)23(24)25)21-6-4-11(5-7-21)17-20-19-10-22(17)12-2-3-12/h8-12H,2-7H2,1H3. The first-order valence-corrected chi connectivity index (χ1v) is 8.74. The van der Waals surface area contributed by atoms with Crippen LogP contribution in [0.1, 0.15) is 43.5 Å². The van der Waals surface area contributed by atoms with Crippen molar-refractivity contribution < 1.29 is 14.1 Å². The van der Waals surface area contributed by atoms with Crippen LogP contribution in [0.15, 0.2) is 18.5 Å². The van der Waals surface area contributed by atoms with Crippen molar-refractivity contribution in [3.8, 4) is 5.75 Å². The van der Waals surface area contributed by atoms with Crippen molar-refractivity contribution in [1.82, 2.24) is 14.8 Å². The molecule has 0 amide bonds. The third kappa shape index (κ3) is 2.97. The van der Waals surface area contributed by atoms with Crippen LogP contribution in [0, 0.1) is 15.9 Å². The average molecular weight is 361 g/mol. The molecule has 0 radical (unpaired) electrons. The summed E-state index contributed by atoms with van der Waals surface area (Å²) in [4.78, 5) is 12.3. The summed E-state index contributed by atoms with van der Waals surface area (Å²) in [6, 6.07) is 2.89. The smallest absolute Gasteiger partial charge is 0.313 e. The number of rotatable bonds is 5. The monoisotopic (exact) mass is 361 g/mol. The van der Waals surface area contributed by atoms with Crippen molar-refractivity contribution >= 4 is 11.4 Å². The van der Waals surface area contributed by atoms with Crippen molar-refractivity contribution in [2.24, 2.45) is 0 Å². The first kappa shape index (κ1) is 16.7. The lowest BCUT2D eigenvalue weighted by Gasteiger charge is -2.33. The van der Waals surface area contributed by atoms with Crippen LogP contribution in [0.4, 0.5) is 15.8 Å². The normalized spacial score (nSPS) is 18.2.